The molecule has 0 bridgehead atoms. The lowest BCUT2D eigenvalue weighted by molar-refractivity contribution is 0.214. The average molecular weight is 406 g/mol. The number of aryl methyl sites for hydroxylation is 3. The van der Waals surface area contributed by atoms with Gasteiger partial charge in [0.05, 0.1) is 11.4 Å². The predicted octanol–water partition coefficient (Wildman–Crippen LogP) is 2.27. The van der Waals surface area contributed by atoms with Gasteiger partial charge in [-0.15, -0.1) is 0 Å². The molecule has 1 aromatic carbocycles. The molecule has 1 aromatic heterocycles. The first-order valence-electron chi connectivity index (χ1n) is 9.33. The number of benzene rings is 1. The molecule has 1 N–H and O–H groups in total. The number of amides is 2. The summed E-state index contributed by atoms with van der Waals surface area (Å²) in [5, 5.41) is 7.15. The van der Waals surface area contributed by atoms with Crippen molar-refractivity contribution in [2.45, 2.75) is 32.1 Å². The van der Waals surface area contributed by atoms with E-state index in [4.69, 9.17) is 0 Å². The number of carbonyl (C=O) groups excluding carboxylic acids is 1. The summed E-state index contributed by atoms with van der Waals surface area (Å²) in [6.07, 6.45) is 0.582. The number of sulfonamides is 1. The fourth-order valence-corrected chi connectivity index (χ4v) is 5.37. The van der Waals surface area contributed by atoms with Crippen LogP contribution in [0.4, 0.5) is 10.5 Å². The molecular formula is C19H27N5O3S. The quantitative estimate of drug-likeness (QED) is 0.849. The van der Waals surface area contributed by atoms with Crippen LogP contribution in [-0.2, 0) is 17.1 Å². The Morgan fingerprint density at radius 3 is 2.43 bits per heavy atom. The molecule has 28 heavy (non-hydrogen) atoms. The van der Waals surface area contributed by atoms with Gasteiger partial charge in [-0.05, 0) is 38.8 Å². The maximum Gasteiger partial charge on any atom is 0.321 e. The van der Waals surface area contributed by atoms with Crippen LogP contribution in [0.1, 0.15) is 23.4 Å². The molecule has 8 nitrogen and oxygen atoms in total. The van der Waals surface area contributed by atoms with Crippen LogP contribution in [0.15, 0.2) is 29.2 Å². The Morgan fingerprint density at radius 1 is 1.07 bits per heavy atom. The third kappa shape index (κ3) is 3.90. The number of rotatable bonds is 3. The molecule has 9 heteroatoms. The van der Waals surface area contributed by atoms with E-state index in [1.165, 1.54) is 4.31 Å². The van der Waals surface area contributed by atoms with Gasteiger partial charge in [-0.2, -0.15) is 9.40 Å². The van der Waals surface area contributed by atoms with Crippen molar-refractivity contribution in [1.29, 1.82) is 0 Å². The summed E-state index contributed by atoms with van der Waals surface area (Å²) in [7, 11) is -1.91. The molecule has 2 heterocycles. The zero-order chi connectivity index (χ0) is 20.5. The van der Waals surface area contributed by atoms with Crippen LogP contribution in [-0.4, -0.2) is 59.6 Å². The van der Waals surface area contributed by atoms with Crippen molar-refractivity contribution in [2.24, 2.45) is 7.05 Å². The maximum absolute atomic E-state index is 13.2. The van der Waals surface area contributed by atoms with Gasteiger partial charge in [-0.1, -0.05) is 18.2 Å². The van der Waals surface area contributed by atoms with Gasteiger partial charge in [-0.25, -0.2) is 13.2 Å². The zero-order valence-electron chi connectivity index (χ0n) is 16.8. The number of hydrogen-bond donors (Lipinski definition) is 1. The topological polar surface area (TPSA) is 87.5 Å². The fraction of sp³-hybridized carbons (Fsp3) is 0.474. The highest BCUT2D eigenvalue weighted by molar-refractivity contribution is 7.89. The Kier molecular flexibility index (Phi) is 5.76. The van der Waals surface area contributed by atoms with E-state index in [1.54, 1.807) is 30.5 Å². The van der Waals surface area contributed by atoms with Crippen molar-refractivity contribution in [1.82, 2.24) is 19.0 Å². The number of nitrogens with zero attached hydrogens (tertiary/aromatic N) is 4. The van der Waals surface area contributed by atoms with E-state index in [0.29, 0.717) is 37.4 Å². The smallest absolute Gasteiger partial charge is 0.321 e. The first-order valence-corrected chi connectivity index (χ1v) is 10.8. The number of hydrogen-bond acceptors (Lipinski definition) is 4. The summed E-state index contributed by atoms with van der Waals surface area (Å²) >= 11 is 0. The highest BCUT2D eigenvalue weighted by Crippen LogP contribution is 2.24. The highest BCUT2D eigenvalue weighted by Gasteiger charge is 2.32. The van der Waals surface area contributed by atoms with E-state index in [-0.39, 0.29) is 17.5 Å². The Bertz CT molecular complexity index is 983. The van der Waals surface area contributed by atoms with Gasteiger partial charge >= 0.3 is 6.03 Å². The third-order valence-electron chi connectivity index (χ3n) is 5.17. The van der Waals surface area contributed by atoms with Crippen molar-refractivity contribution in [3.8, 4) is 0 Å². The summed E-state index contributed by atoms with van der Waals surface area (Å²) in [4.78, 5) is 14.6. The lowest BCUT2D eigenvalue weighted by Gasteiger charge is -2.22. The Hall–Kier alpha value is -2.39. The minimum Gasteiger partial charge on any atom is -0.323 e. The molecule has 1 saturated heterocycles. The lowest BCUT2D eigenvalue weighted by atomic mass is 10.2. The molecule has 0 aliphatic carbocycles. The SMILES string of the molecule is Cc1ccccc1NC(=O)N1CCCN(S(=O)(=O)c2c(C)nn(C)c2C)CC1. The average Bonchev–Trinajstić information content (AvgIpc) is 2.82. The summed E-state index contributed by atoms with van der Waals surface area (Å²) in [5.74, 6) is 0. The number of para-hydroxylation sites is 1. The highest BCUT2D eigenvalue weighted by atomic mass is 32.2. The van der Waals surface area contributed by atoms with E-state index in [9.17, 15) is 13.2 Å². The molecule has 1 fully saturated rings. The maximum atomic E-state index is 13.2. The number of carbonyl (C=O) groups is 1. The lowest BCUT2D eigenvalue weighted by Crippen LogP contribution is -2.39. The summed E-state index contributed by atoms with van der Waals surface area (Å²) in [5.41, 5.74) is 2.87. The summed E-state index contributed by atoms with van der Waals surface area (Å²) < 4.78 is 29.4. The van der Waals surface area contributed by atoms with Crippen molar-refractivity contribution in [2.75, 3.05) is 31.5 Å². The summed E-state index contributed by atoms with van der Waals surface area (Å²) in [6, 6.07) is 7.38. The van der Waals surface area contributed by atoms with Crippen LogP contribution in [0.2, 0.25) is 0 Å². The van der Waals surface area contributed by atoms with Gasteiger partial charge in [0, 0.05) is 38.9 Å². The minimum absolute atomic E-state index is 0.206. The molecule has 0 radical (unpaired) electrons. The minimum atomic E-state index is -3.65. The standard InChI is InChI=1S/C19H27N5O3S/c1-14-8-5-6-9-17(14)20-19(25)23-10-7-11-24(13-12-23)28(26,27)18-15(2)21-22(4)16(18)3/h5-6,8-9H,7,10-13H2,1-4H3,(H,20,25). The van der Waals surface area contributed by atoms with Gasteiger partial charge in [0.2, 0.25) is 10.0 Å². The van der Waals surface area contributed by atoms with Crippen molar-refractivity contribution >= 4 is 21.7 Å². The Labute approximate surface area is 166 Å². The van der Waals surface area contributed by atoms with E-state index >= 15 is 0 Å². The molecule has 1 aliphatic heterocycles. The molecule has 0 atom stereocenters. The first kappa shape index (κ1) is 20.3. The van der Waals surface area contributed by atoms with E-state index in [1.807, 2.05) is 31.2 Å². The second kappa shape index (κ2) is 7.92. The molecule has 3 rings (SSSR count). The normalized spacial score (nSPS) is 16.1. The fourth-order valence-electron chi connectivity index (χ4n) is 3.50. The van der Waals surface area contributed by atoms with E-state index in [0.717, 1.165) is 11.3 Å². The molecule has 1 aliphatic rings. The second-order valence-corrected chi connectivity index (χ2v) is 8.99. The van der Waals surface area contributed by atoms with Gasteiger partial charge in [0.1, 0.15) is 4.90 Å². The summed E-state index contributed by atoms with van der Waals surface area (Å²) in [6.45, 7) is 6.89. The number of aromatic nitrogens is 2. The van der Waals surface area contributed by atoms with Crippen LogP contribution in [0.3, 0.4) is 0 Å². The monoisotopic (exact) mass is 405 g/mol. The van der Waals surface area contributed by atoms with Gasteiger partial charge in [0.25, 0.3) is 0 Å². The zero-order valence-corrected chi connectivity index (χ0v) is 17.6. The second-order valence-electron chi connectivity index (χ2n) is 7.11. The molecular weight excluding hydrogens is 378 g/mol. The Morgan fingerprint density at radius 2 is 1.79 bits per heavy atom. The van der Waals surface area contributed by atoms with Crippen LogP contribution in [0.5, 0.6) is 0 Å². The number of anilines is 1. The van der Waals surface area contributed by atoms with Gasteiger partial charge in [-0.3, -0.25) is 4.68 Å². The van der Waals surface area contributed by atoms with Crippen LogP contribution < -0.4 is 5.32 Å². The van der Waals surface area contributed by atoms with E-state index < -0.39 is 10.0 Å². The van der Waals surface area contributed by atoms with Crippen molar-refractivity contribution in [3.05, 3.63) is 41.2 Å². The number of nitrogens with one attached hydrogen (secondary N) is 1. The number of urea groups is 1. The van der Waals surface area contributed by atoms with Gasteiger partial charge in [0.15, 0.2) is 0 Å². The third-order valence-corrected chi connectivity index (χ3v) is 7.32. The van der Waals surface area contributed by atoms with Crippen molar-refractivity contribution in [3.63, 3.8) is 0 Å². The largest absolute Gasteiger partial charge is 0.323 e. The van der Waals surface area contributed by atoms with Crippen LogP contribution >= 0.6 is 0 Å². The molecule has 0 saturated carbocycles. The molecule has 0 unspecified atom stereocenters. The Balaban J connectivity index is 1.72. The van der Waals surface area contributed by atoms with Crippen molar-refractivity contribution < 1.29 is 13.2 Å². The van der Waals surface area contributed by atoms with Crippen LogP contribution in [0.25, 0.3) is 0 Å². The predicted molar refractivity (Wildman–Crippen MR) is 108 cm³/mol. The molecule has 0 spiro atoms. The van der Waals surface area contributed by atoms with Gasteiger partial charge < -0.3 is 10.2 Å². The van der Waals surface area contributed by atoms with Crippen LogP contribution in [0, 0.1) is 20.8 Å². The molecule has 2 amide bonds. The van der Waals surface area contributed by atoms with E-state index in [2.05, 4.69) is 10.4 Å². The molecule has 152 valence electrons. The molecule has 2 aromatic rings. The first-order chi connectivity index (χ1) is 13.2.